The van der Waals surface area contributed by atoms with Gasteiger partial charge in [0.05, 0.1) is 12.2 Å². The first-order chi connectivity index (χ1) is 8.20. The van der Waals surface area contributed by atoms with Crippen LogP contribution >= 0.6 is 15.9 Å². The zero-order chi connectivity index (χ0) is 12.3. The van der Waals surface area contributed by atoms with Gasteiger partial charge < -0.3 is 9.47 Å². The van der Waals surface area contributed by atoms with Crippen LogP contribution in [-0.2, 0) is 4.74 Å². The fraction of sp³-hybridized carbons (Fsp3) is 0.462. The van der Waals surface area contributed by atoms with Gasteiger partial charge in [-0.15, -0.1) is 0 Å². The average molecular weight is 299 g/mol. The molecule has 1 unspecified atom stereocenters. The van der Waals surface area contributed by atoms with E-state index in [9.17, 15) is 4.79 Å². The Balaban J connectivity index is 2.21. The van der Waals surface area contributed by atoms with Crippen molar-refractivity contribution >= 4 is 22.2 Å². The average Bonchev–Trinajstić information content (AvgIpc) is 2.33. The van der Waals surface area contributed by atoms with Gasteiger partial charge in [0, 0.05) is 11.1 Å². The molecule has 1 aromatic rings. The molecule has 1 aromatic carbocycles. The lowest BCUT2D eigenvalue weighted by atomic mass is 10.1. The summed E-state index contributed by atoms with van der Waals surface area (Å²) >= 11 is 3.37. The number of hydrogen-bond acceptors (Lipinski definition) is 3. The van der Waals surface area contributed by atoms with Crippen molar-refractivity contribution < 1.29 is 14.3 Å². The van der Waals surface area contributed by atoms with Gasteiger partial charge in [-0.1, -0.05) is 15.9 Å². The standard InChI is InChI=1S/C13H15BrO3/c1-9-5-11(14)6-10(7-15)13(9)17-12-3-2-4-16-8-12/h5-7,12H,2-4,8H2,1H3. The quantitative estimate of drug-likeness (QED) is 0.804. The third-order valence-electron chi connectivity index (χ3n) is 2.80. The van der Waals surface area contributed by atoms with Gasteiger partial charge in [-0.2, -0.15) is 0 Å². The highest BCUT2D eigenvalue weighted by Gasteiger charge is 2.18. The number of carbonyl (C=O) groups is 1. The molecular weight excluding hydrogens is 284 g/mol. The van der Waals surface area contributed by atoms with Crippen LogP contribution in [0.25, 0.3) is 0 Å². The number of benzene rings is 1. The van der Waals surface area contributed by atoms with Crippen LogP contribution in [0.5, 0.6) is 5.75 Å². The van der Waals surface area contributed by atoms with Crippen molar-refractivity contribution in [3.05, 3.63) is 27.7 Å². The molecule has 0 aliphatic carbocycles. The first-order valence-electron chi connectivity index (χ1n) is 5.70. The number of ether oxygens (including phenoxy) is 2. The summed E-state index contributed by atoms with van der Waals surface area (Å²) in [6.07, 6.45) is 2.88. The van der Waals surface area contributed by atoms with Crippen LogP contribution in [0, 0.1) is 6.92 Å². The second kappa shape index (κ2) is 5.65. The lowest BCUT2D eigenvalue weighted by Gasteiger charge is -2.25. The molecule has 2 rings (SSSR count). The Labute approximate surface area is 109 Å². The number of aryl methyl sites for hydroxylation is 1. The molecule has 0 spiro atoms. The van der Waals surface area contributed by atoms with E-state index >= 15 is 0 Å². The Morgan fingerprint density at radius 1 is 1.53 bits per heavy atom. The van der Waals surface area contributed by atoms with Gasteiger partial charge in [0.2, 0.25) is 0 Å². The third-order valence-corrected chi connectivity index (χ3v) is 3.26. The summed E-state index contributed by atoms with van der Waals surface area (Å²) in [5.74, 6) is 0.679. The molecule has 0 N–H and O–H groups in total. The summed E-state index contributed by atoms with van der Waals surface area (Å²) in [6, 6.07) is 3.73. The fourth-order valence-electron chi connectivity index (χ4n) is 1.98. The molecule has 0 radical (unpaired) electrons. The van der Waals surface area contributed by atoms with Crippen LogP contribution in [0.4, 0.5) is 0 Å². The van der Waals surface area contributed by atoms with Gasteiger partial charge in [0.15, 0.2) is 6.29 Å². The van der Waals surface area contributed by atoms with Crippen molar-refractivity contribution in [3.63, 3.8) is 0 Å². The van der Waals surface area contributed by atoms with Crippen molar-refractivity contribution in [1.82, 2.24) is 0 Å². The van der Waals surface area contributed by atoms with Gasteiger partial charge in [0.1, 0.15) is 11.9 Å². The van der Waals surface area contributed by atoms with E-state index in [-0.39, 0.29) is 6.10 Å². The van der Waals surface area contributed by atoms with Crippen LogP contribution in [0.15, 0.2) is 16.6 Å². The maximum Gasteiger partial charge on any atom is 0.153 e. The molecule has 1 atom stereocenters. The van der Waals surface area contributed by atoms with Gasteiger partial charge in [-0.05, 0) is 37.5 Å². The number of aldehydes is 1. The summed E-state index contributed by atoms with van der Waals surface area (Å²) in [6.45, 7) is 3.35. The molecule has 1 aliphatic heterocycles. The van der Waals surface area contributed by atoms with Gasteiger partial charge in [0.25, 0.3) is 0 Å². The molecule has 1 saturated heterocycles. The van der Waals surface area contributed by atoms with E-state index in [1.807, 2.05) is 13.0 Å². The van der Waals surface area contributed by atoms with E-state index in [2.05, 4.69) is 15.9 Å². The minimum absolute atomic E-state index is 0.0577. The van der Waals surface area contributed by atoms with Crippen LogP contribution in [-0.4, -0.2) is 25.6 Å². The van der Waals surface area contributed by atoms with Crippen LogP contribution in [0.3, 0.4) is 0 Å². The van der Waals surface area contributed by atoms with Crippen LogP contribution in [0.2, 0.25) is 0 Å². The summed E-state index contributed by atoms with van der Waals surface area (Å²) in [5, 5.41) is 0. The molecular formula is C13H15BrO3. The van der Waals surface area contributed by atoms with E-state index in [1.54, 1.807) is 6.07 Å². The SMILES string of the molecule is Cc1cc(Br)cc(C=O)c1OC1CCCOC1. The third kappa shape index (κ3) is 3.07. The van der Waals surface area contributed by atoms with Gasteiger partial charge in [-0.3, -0.25) is 4.79 Å². The molecule has 3 nitrogen and oxygen atoms in total. The van der Waals surface area contributed by atoms with Crippen LogP contribution in [0.1, 0.15) is 28.8 Å². The van der Waals surface area contributed by atoms with E-state index in [0.29, 0.717) is 17.9 Å². The minimum Gasteiger partial charge on any atom is -0.487 e. The molecule has 1 fully saturated rings. The highest BCUT2D eigenvalue weighted by atomic mass is 79.9. The van der Waals surface area contributed by atoms with E-state index < -0.39 is 0 Å². The van der Waals surface area contributed by atoms with E-state index in [4.69, 9.17) is 9.47 Å². The second-order valence-corrected chi connectivity index (χ2v) is 5.13. The van der Waals surface area contributed by atoms with Gasteiger partial charge >= 0.3 is 0 Å². The zero-order valence-electron chi connectivity index (χ0n) is 9.74. The Morgan fingerprint density at radius 2 is 2.35 bits per heavy atom. The normalized spacial score (nSPS) is 20.0. The largest absolute Gasteiger partial charge is 0.487 e. The highest BCUT2D eigenvalue weighted by Crippen LogP contribution is 2.28. The first-order valence-corrected chi connectivity index (χ1v) is 6.49. The highest BCUT2D eigenvalue weighted by molar-refractivity contribution is 9.10. The molecule has 0 amide bonds. The maximum absolute atomic E-state index is 11.0. The summed E-state index contributed by atoms with van der Waals surface area (Å²) < 4.78 is 12.1. The van der Waals surface area contributed by atoms with Crippen molar-refractivity contribution in [3.8, 4) is 5.75 Å². The second-order valence-electron chi connectivity index (χ2n) is 4.22. The van der Waals surface area contributed by atoms with Crippen LogP contribution < -0.4 is 4.74 Å². The Kier molecular flexibility index (Phi) is 4.18. The Hall–Kier alpha value is -0.870. The lowest BCUT2D eigenvalue weighted by molar-refractivity contribution is 0.00691. The van der Waals surface area contributed by atoms with E-state index in [1.165, 1.54) is 0 Å². The minimum atomic E-state index is 0.0577. The molecule has 0 aromatic heterocycles. The number of halogens is 1. The Morgan fingerprint density at radius 3 is 3.00 bits per heavy atom. The van der Waals surface area contributed by atoms with Crippen molar-refractivity contribution in [1.29, 1.82) is 0 Å². The molecule has 1 aliphatic rings. The summed E-state index contributed by atoms with van der Waals surface area (Å²) in [5.41, 5.74) is 1.55. The molecule has 17 heavy (non-hydrogen) atoms. The van der Waals surface area contributed by atoms with Crippen molar-refractivity contribution in [2.24, 2.45) is 0 Å². The predicted octanol–water partition coefficient (Wildman–Crippen LogP) is 3.13. The number of carbonyl (C=O) groups excluding carboxylic acids is 1. The molecule has 92 valence electrons. The molecule has 0 saturated carbocycles. The number of hydrogen-bond donors (Lipinski definition) is 0. The zero-order valence-corrected chi connectivity index (χ0v) is 11.3. The smallest absolute Gasteiger partial charge is 0.153 e. The summed E-state index contributed by atoms with van der Waals surface area (Å²) in [7, 11) is 0. The maximum atomic E-state index is 11.0. The first kappa shape index (κ1) is 12.6. The lowest BCUT2D eigenvalue weighted by Crippen LogP contribution is -2.28. The number of rotatable bonds is 3. The molecule has 1 heterocycles. The fourth-order valence-corrected chi connectivity index (χ4v) is 2.57. The summed E-state index contributed by atoms with van der Waals surface area (Å²) in [4.78, 5) is 11.0. The predicted molar refractivity (Wildman–Crippen MR) is 68.7 cm³/mol. The van der Waals surface area contributed by atoms with Crippen molar-refractivity contribution in [2.75, 3.05) is 13.2 Å². The molecule has 4 heteroatoms. The molecule has 0 bridgehead atoms. The monoisotopic (exact) mass is 298 g/mol. The van der Waals surface area contributed by atoms with E-state index in [0.717, 1.165) is 35.8 Å². The topological polar surface area (TPSA) is 35.5 Å². The Bertz CT molecular complexity index is 411. The van der Waals surface area contributed by atoms with Crippen molar-refractivity contribution in [2.45, 2.75) is 25.9 Å². The van der Waals surface area contributed by atoms with Gasteiger partial charge in [-0.25, -0.2) is 0 Å².